The highest BCUT2D eigenvalue weighted by Crippen LogP contribution is 2.58. The van der Waals surface area contributed by atoms with Crippen molar-refractivity contribution in [2.45, 2.75) is 6.16 Å². The lowest BCUT2D eigenvalue weighted by Crippen LogP contribution is -2.32. The number of benzene rings is 3. The quantitative estimate of drug-likeness (QED) is 0.306. The molecule has 0 radical (unpaired) electrons. The molecular weight excluding hydrogens is 401 g/mol. The zero-order chi connectivity index (χ0) is 21.7. The molecule has 0 unspecified atom stereocenters. The number of carbonyl (C=O) groups excluding carboxylic acids is 1. The highest BCUT2D eigenvalue weighted by atomic mass is 31.2. The summed E-state index contributed by atoms with van der Waals surface area (Å²) in [5.74, 6) is 1.27. The summed E-state index contributed by atoms with van der Waals surface area (Å²) in [7, 11) is 1.74. The van der Waals surface area contributed by atoms with Crippen molar-refractivity contribution in [3.8, 4) is 0 Å². The predicted octanol–water partition coefficient (Wildman–Crippen LogP) is 4.52. The molecule has 4 rings (SSSR count). The van der Waals surface area contributed by atoms with Crippen molar-refractivity contribution in [3.63, 3.8) is 0 Å². The minimum Gasteiger partial charge on any atom is -0.454 e. The molecule has 0 spiro atoms. The normalized spacial score (nSPS) is 11.6. The molecule has 0 amide bonds. The van der Waals surface area contributed by atoms with Gasteiger partial charge in [0, 0.05) is 0 Å². The van der Waals surface area contributed by atoms with Gasteiger partial charge in [0.25, 0.3) is 0 Å². The van der Waals surface area contributed by atoms with E-state index in [-0.39, 0.29) is 5.78 Å². The summed E-state index contributed by atoms with van der Waals surface area (Å²) in [4.78, 5) is 14.4. The number of ketones is 1. The van der Waals surface area contributed by atoms with Crippen LogP contribution >= 0.6 is 7.26 Å². The molecule has 0 fully saturated rings. The Labute approximate surface area is 184 Å². The zero-order valence-electron chi connectivity index (χ0n) is 17.9. The third-order valence-corrected chi connectivity index (χ3v) is 9.71. The summed E-state index contributed by atoms with van der Waals surface area (Å²) in [5.41, 5.74) is 0. The van der Waals surface area contributed by atoms with Gasteiger partial charge >= 0.3 is 0 Å². The summed E-state index contributed by atoms with van der Waals surface area (Å²) >= 11 is 0. The van der Waals surface area contributed by atoms with Gasteiger partial charge < -0.3 is 9.32 Å². The molecule has 4 heteroatoms. The Morgan fingerprint density at radius 1 is 0.710 bits per heavy atom. The lowest BCUT2D eigenvalue weighted by molar-refractivity contribution is 0.0929. The minimum atomic E-state index is -2.04. The van der Waals surface area contributed by atoms with Gasteiger partial charge in [-0.15, -0.1) is 0 Å². The first-order valence-electron chi connectivity index (χ1n) is 10.4. The monoisotopic (exact) mass is 428 g/mol. The second-order valence-electron chi connectivity index (χ2n) is 7.90. The molecule has 0 bridgehead atoms. The minimum absolute atomic E-state index is 0.000633. The summed E-state index contributed by atoms with van der Waals surface area (Å²) in [5, 5.41) is 3.89. The molecule has 4 aromatic rings. The average Bonchev–Trinajstić information content (AvgIpc) is 3.27. The van der Waals surface area contributed by atoms with Crippen molar-refractivity contribution in [1.29, 1.82) is 0 Å². The molecule has 0 saturated carbocycles. The highest BCUT2D eigenvalue weighted by Gasteiger charge is 2.46. The first kappa shape index (κ1) is 21.2. The predicted molar refractivity (Wildman–Crippen MR) is 130 cm³/mol. The van der Waals surface area contributed by atoms with Crippen LogP contribution in [0, 0.1) is 0 Å². The van der Waals surface area contributed by atoms with Gasteiger partial charge in [-0.1, -0.05) is 54.6 Å². The third-order valence-electron chi connectivity index (χ3n) is 5.38. The number of likely N-dealkylation sites (N-methyl/N-ethyl adjacent to an activating group) is 1. The van der Waals surface area contributed by atoms with Crippen LogP contribution in [0.3, 0.4) is 0 Å². The van der Waals surface area contributed by atoms with Crippen molar-refractivity contribution in [1.82, 2.24) is 4.90 Å². The van der Waals surface area contributed by atoms with E-state index in [9.17, 15) is 4.79 Å². The number of furan rings is 1. The largest absolute Gasteiger partial charge is 0.454 e. The molecule has 0 atom stereocenters. The smallest absolute Gasteiger partial charge is 0.211 e. The van der Waals surface area contributed by atoms with E-state index in [1.807, 2.05) is 31.1 Å². The number of Topliss-reactive ketones (excluding diaryl/α,β-unsaturated/α-hetero) is 1. The van der Waals surface area contributed by atoms with Gasteiger partial charge in [-0.2, -0.15) is 0 Å². The van der Waals surface area contributed by atoms with Gasteiger partial charge in [0.2, 0.25) is 5.78 Å². The maximum absolute atomic E-state index is 12.5. The lowest BCUT2D eigenvalue weighted by Gasteiger charge is -2.26. The molecule has 0 aliphatic carbocycles. The number of hydrogen-bond donors (Lipinski definition) is 0. The van der Waals surface area contributed by atoms with Gasteiger partial charge in [-0.05, 0) is 62.6 Å². The summed E-state index contributed by atoms with van der Waals surface area (Å²) < 4.78 is 6.12. The van der Waals surface area contributed by atoms with E-state index in [1.54, 1.807) is 0 Å². The van der Waals surface area contributed by atoms with E-state index in [2.05, 4.69) is 91.0 Å². The van der Waals surface area contributed by atoms with Crippen molar-refractivity contribution in [2.24, 2.45) is 0 Å². The third kappa shape index (κ3) is 4.54. The molecule has 0 aliphatic heterocycles. The summed E-state index contributed by atoms with van der Waals surface area (Å²) in [6, 6.07) is 35.9. The highest BCUT2D eigenvalue weighted by molar-refractivity contribution is 7.95. The van der Waals surface area contributed by atoms with E-state index >= 15 is 0 Å². The second kappa shape index (κ2) is 9.43. The van der Waals surface area contributed by atoms with Crippen LogP contribution in [0.15, 0.2) is 108 Å². The van der Waals surface area contributed by atoms with Gasteiger partial charge in [-0.3, -0.25) is 4.79 Å². The number of hydrogen-bond acceptors (Lipinski definition) is 3. The van der Waals surface area contributed by atoms with Gasteiger partial charge in [0.05, 0.1) is 6.54 Å². The Balaban J connectivity index is 1.85. The van der Waals surface area contributed by atoms with E-state index in [0.29, 0.717) is 12.3 Å². The maximum Gasteiger partial charge on any atom is 0.211 e. The molecule has 0 saturated heterocycles. The van der Waals surface area contributed by atoms with Crippen LogP contribution in [-0.2, 0) is 6.16 Å². The fraction of sp³-hybridized carbons (Fsp3) is 0.148. The fourth-order valence-electron chi connectivity index (χ4n) is 3.98. The van der Waals surface area contributed by atoms with Crippen LogP contribution in [0.2, 0.25) is 0 Å². The average molecular weight is 428 g/mol. The zero-order valence-corrected chi connectivity index (χ0v) is 18.8. The van der Waals surface area contributed by atoms with Crippen LogP contribution in [0.4, 0.5) is 0 Å². The second-order valence-corrected chi connectivity index (χ2v) is 11.4. The van der Waals surface area contributed by atoms with Crippen molar-refractivity contribution >= 4 is 29.0 Å². The van der Waals surface area contributed by atoms with Gasteiger partial charge in [0.1, 0.15) is 35.1 Å². The van der Waals surface area contributed by atoms with Gasteiger partial charge in [0.15, 0.2) is 5.76 Å². The summed E-state index contributed by atoms with van der Waals surface area (Å²) in [6.07, 6.45) is 0.723. The van der Waals surface area contributed by atoms with Crippen molar-refractivity contribution < 1.29 is 9.21 Å². The Kier molecular flexibility index (Phi) is 6.46. The Hall–Kier alpha value is -3.00. The van der Waals surface area contributed by atoms with Crippen LogP contribution in [0.1, 0.15) is 16.3 Å². The van der Waals surface area contributed by atoms with Gasteiger partial charge in [-0.25, -0.2) is 0 Å². The Bertz CT molecular complexity index is 1020. The van der Waals surface area contributed by atoms with E-state index in [4.69, 9.17) is 4.42 Å². The SMILES string of the molecule is CN(C)CC(=O)c1ccc(C[P+](c2ccccc2)(c2ccccc2)c2ccccc2)o1. The molecule has 1 heterocycles. The van der Waals surface area contributed by atoms with Crippen LogP contribution in [0.5, 0.6) is 0 Å². The standard InChI is InChI=1S/C27H27NO2P/c1-28(2)20-26(29)27-19-18-22(30-27)21-31(23-12-6-3-7-13-23,24-14-8-4-9-15-24)25-16-10-5-11-17-25/h3-19H,20-21H2,1-2H3/q+1. The molecular formula is C27H27NO2P+. The first-order chi connectivity index (χ1) is 15.1. The van der Waals surface area contributed by atoms with Crippen molar-refractivity contribution in [3.05, 3.63) is 115 Å². The van der Waals surface area contributed by atoms with Crippen LogP contribution in [-0.4, -0.2) is 31.3 Å². The van der Waals surface area contributed by atoms with E-state index < -0.39 is 7.26 Å². The Morgan fingerprint density at radius 2 is 1.16 bits per heavy atom. The Morgan fingerprint density at radius 3 is 1.58 bits per heavy atom. The number of carbonyl (C=O) groups is 1. The fourth-order valence-corrected chi connectivity index (χ4v) is 8.10. The molecule has 3 nitrogen and oxygen atoms in total. The topological polar surface area (TPSA) is 33.5 Å². The molecule has 156 valence electrons. The maximum atomic E-state index is 12.5. The molecule has 1 aromatic heterocycles. The lowest BCUT2D eigenvalue weighted by atomic mass is 10.3. The van der Waals surface area contributed by atoms with E-state index in [0.717, 1.165) is 11.9 Å². The summed E-state index contributed by atoms with van der Waals surface area (Å²) in [6.45, 7) is 0.337. The molecule has 3 aromatic carbocycles. The molecule has 0 N–H and O–H groups in total. The molecule has 0 aliphatic rings. The van der Waals surface area contributed by atoms with Crippen molar-refractivity contribution in [2.75, 3.05) is 20.6 Å². The van der Waals surface area contributed by atoms with Crippen LogP contribution in [0.25, 0.3) is 0 Å². The van der Waals surface area contributed by atoms with Crippen LogP contribution < -0.4 is 15.9 Å². The van der Waals surface area contributed by atoms with E-state index in [1.165, 1.54) is 15.9 Å². The molecule has 31 heavy (non-hydrogen) atoms. The number of rotatable bonds is 8. The number of nitrogens with zero attached hydrogens (tertiary/aromatic N) is 1. The first-order valence-corrected chi connectivity index (χ1v) is 12.4.